The van der Waals surface area contributed by atoms with E-state index < -0.39 is 0 Å². The molecule has 2 aromatic heterocycles. The quantitative estimate of drug-likeness (QED) is 0.471. The molecule has 0 bridgehead atoms. The van der Waals surface area contributed by atoms with Crippen LogP contribution in [-0.4, -0.2) is 5.11 Å². The molecule has 0 amide bonds. The molecule has 2 nitrogen and oxygen atoms in total. The van der Waals surface area contributed by atoms with E-state index >= 15 is 0 Å². The Morgan fingerprint density at radius 2 is 1.78 bits per heavy atom. The number of hydrogen-bond donors (Lipinski definition) is 1. The van der Waals surface area contributed by atoms with Crippen LogP contribution in [0.3, 0.4) is 0 Å². The lowest BCUT2D eigenvalue weighted by molar-refractivity contribution is -0.482. The van der Waals surface area contributed by atoms with E-state index in [9.17, 15) is 5.11 Å². The van der Waals surface area contributed by atoms with E-state index in [0.717, 1.165) is 22.0 Å². The third-order valence-corrected chi connectivity index (χ3v) is 2.93. The topological polar surface area (TPSA) is 24.3 Å². The molecule has 3 rings (SSSR count). The minimum absolute atomic E-state index is 0.338. The highest BCUT2D eigenvalue weighted by atomic mass is 16.3. The smallest absolute Gasteiger partial charge is 0.225 e. The van der Waals surface area contributed by atoms with Gasteiger partial charge in [0.1, 0.15) is 5.75 Å². The molecular weight excluding hydrogens is 222 g/mol. The number of para-hydroxylation sites is 1. The second-order valence-corrected chi connectivity index (χ2v) is 4.00. The molecule has 0 aliphatic heterocycles. The molecule has 0 atom stereocenters. The Hall–Kier alpha value is -2.09. The number of rotatable bonds is 0. The minimum atomic E-state index is 0.338. The van der Waals surface area contributed by atoms with Crippen molar-refractivity contribution in [2.24, 2.45) is 0 Å². The summed E-state index contributed by atoms with van der Waals surface area (Å²) in [6.07, 6.45) is 2.02. The molecule has 0 aliphatic rings. The van der Waals surface area contributed by atoms with Gasteiger partial charge in [0.25, 0.3) is 0 Å². The van der Waals surface area contributed by atoms with Crippen molar-refractivity contribution in [2.75, 3.05) is 0 Å². The van der Waals surface area contributed by atoms with Crippen LogP contribution in [0, 0.1) is 6.92 Å². The van der Waals surface area contributed by atoms with Crippen LogP contribution in [-0.2, 0) is 0 Å². The highest BCUT2D eigenvalue weighted by Gasteiger charge is 2.14. The lowest BCUT2D eigenvalue weighted by Gasteiger charge is -2.02. The average molecular weight is 240 g/mol. The van der Waals surface area contributed by atoms with Gasteiger partial charge in [-0.2, -0.15) is 4.40 Å². The standard InChI is InChI=1S/C14H11NO.C2H6/c1-10-5-4-7-12-13(16)9-11-6-2-3-8-15(11)14(10)12;1-2/h2-9H,1H3;1-2H3/p+1. The summed E-state index contributed by atoms with van der Waals surface area (Å²) in [5, 5.41) is 10.9. The highest BCUT2D eigenvalue weighted by molar-refractivity contribution is 5.86. The number of benzene rings is 1. The predicted molar refractivity (Wildman–Crippen MR) is 74.9 cm³/mol. The second kappa shape index (κ2) is 5.05. The monoisotopic (exact) mass is 240 g/mol. The normalized spacial score (nSPS) is 10.2. The summed E-state index contributed by atoms with van der Waals surface area (Å²) in [4.78, 5) is 0. The summed E-state index contributed by atoms with van der Waals surface area (Å²) < 4.78 is 2.10. The molecule has 18 heavy (non-hydrogen) atoms. The van der Waals surface area contributed by atoms with Crippen LogP contribution >= 0.6 is 0 Å². The number of fused-ring (bicyclic) bond motifs is 3. The number of aryl methyl sites for hydroxylation is 1. The zero-order chi connectivity index (χ0) is 13.1. The molecule has 3 aromatic rings. The van der Waals surface area contributed by atoms with Gasteiger partial charge in [0.2, 0.25) is 11.0 Å². The Labute approximate surface area is 107 Å². The Kier molecular flexibility index (Phi) is 3.47. The van der Waals surface area contributed by atoms with Gasteiger partial charge in [-0.1, -0.05) is 26.0 Å². The van der Waals surface area contributed by atoms with E-state index in [1.54, 1.807) is 6.07 Å². The maximum absolute atomic E-state index is 9.98. The first-order chi connectivity index (χ1) is 8.77. The number of pyridine rings is 2. The summed E-state index contributed by atoms with van der Waals surface area (Å²) in [5.74, 6) is 0.338. The molecule has 1 N–H and O–H groups in total. The number of hydrogen-bond acceptors (Lipinski definition) is 1. The molecule has 0 saturated carbocycles. The van der Waals surface area contributed by atoms with E-state index in [2.05, 4.69) is 17.4 Å². The number of nitrogens with zero attached hydrogens (tertiary/aromatic N) is 1. The van der Waals surface area contributed by atoms with Crippen molar-refractivity contribution in [2.45, 2.75) is 20.8 Å². The molecule has 0 spiro atoms. The number of aromatic nitrogens is 1. The zero-order valence-electron chi connectivity index (χ0n) is 11.0. The Bertz CT molecular complexity index is 689. The van der Waals surface area contributed by atoms with Crippen molar-refractivity contribution in [3.63, 3.8) is 0 Å². The first-order valence-electron chi connectivity index (χ1n) is 6.29. The molecular formula is C16H18NO+. The molecule has 2 heteroatoms. The summed E-state index contributed by atoms with van der Waals surface area (Å²) >= 11 is 0. The largest absolute Gasteiger partial charge is 0.507 e. The van der Waals surface area contributed by atoms with Gasteiger partial charge in [-0.25, -0.2) is 0 Å². The number of aromatic hydroxyl groups is 1. The predicted octanol–water partition coefficient (Wildman–Crippen LogP) is 3.62. The van der Waals surface area contributed by atoms with Crippen LogP contribution in [0.25, 0.3) is 16.4 Å². The molecule has 0 unspecified atom stereocenters. The van der Waals surface area contributed by atoms with E-state index in [0.29, 0.717) is 5.75 Å². The van der Waals surface area contributed by atoms with Crippen LogP contribution in [0.2, 0.25) is 0 Å². The maximum Gasteiger partial charge on any atom is 0.225 e. The van der Waals surface area contributed by atoms with Crippen LogP contribution < -0.4 is 4.40 Å². The van der Waals surface area contributed by atoms with Gasteiger partial charge >= 0.3 is 0 Å². The average Bonchev–Trinajstić information content (AvgIpc) is 2.41. The SMILES string of the molecule is CC.Cc1cccc2c(O)cc3cccc[n+]3c12. The van der Waals surface area contributed by atoms with Gasteiger partial charge in [0, 0.05) is 17.7 Å². The van der Waals surface area contributed by atoms with E-state index in [-0.39, 0.29) is 0 Å². The fourth-order valence-electron chi connectivity index (χ4n) is 2.18. The van der Waals surface area contributed by atoms with Crippen molar-refractivity contribution in [3.8, 4) is 5.75 Å². The summed E-state index contributed by atoms with van der Waals surface area (Å²) in [5.41, 5.74) is 3.23. The maximum atomic E-state index is 9.98. The summed E-state index contributed by atoms with van der Waals surface area (Å²) in [7, 11) is 0. The van der Waals surface area contributed by atoms with Crippen molar-refractivity contribution in [1.29, 1.82) is 0 Å². The molecule has 0 radical (unpaired) electrons. The molecule has 1 aromatic carbocycles. The van der Waals surface area contributed by atoms with Crippen molar-refractivity contribution < 1.29 is 9.51 Å². The van der Waals surface area contributed by atoms with Crippen LogP contribution in [0.1, 0.15) is 19.4 Å². The molecule has 0 fully saturated rings. The fraction of sp³-hybridized carbons (Fsp3) is 0.188. The van der Waals surface area contributed by atoms with Gasteiger partial charge in [-0.15, -0.1) is 0 Å². The first-order valence-corrected chi connectivity index (χ1v) is 6.29. The molecule has 2 heterocycles. The highest BCUT2D eigenvalue weighted by Crippen LogP contribution is 2.25. The van der Waals surface area contributed by atoms with Crippen LogP contribution in [0.4, 0.5) is 0 Å². The van der Waals surface area contributed by atoms with Gasteiger partial charge in [0.15, 0.2) is 6.20 Å². The van der Waals surface area contributed by atoms with Gasteiger partial charge < -0.3 is 5.11 Å². The molecule has 0 aliphatic carbocycles. The van der Waals surface area contributed by atoms with Crippen molar-refractivity contribution >= 4 is 16.4 Å². The Morgan fingerprint density at radius 3 is 2.56 bits per heavy atom. The second-order valence-electron chi connectivity index (χ2n) is 4.00. The van der Waals surface area contributed by atoms with Crippen molar-refractivity contribution in [3.05, 3.63) is 54.2 Å². The van der Waals surface area contributed by atoms with Crippen LogP contribution in [0.5, 0.6) is 5.75 Å². The minimum Gasteiger partial charge on any atom is -0.507 e. The summed E-state index contributed by atoms with van der Waals surface area (Å²) in [6, 6.07) is 13.7. The zero-order valence-corrected chi connectivity index (χ0v) is 11.0. The molecule has 92 valence electrons. The Morgan fingerprint density at radius 1 is 1.00 bits per heavy atom. The van der Waals surface area contributed by atoms with Crippen LogP contribution in [0.15, 0.2) is 48.7 Å². The van der Waals surface area contributed by atoms with E-state index in [1.807, 2.05) is 50.4 Å². The fourth-order valence-corrected chi connectivity index (χ4v) is 2.18. The third kappa shape index (κ3) is 1.90. The lowest BCUT2D eigenvalue weighted by Crippen LogP contribution is -2.22. The van der Waals surface area contributed by atoms with Crippen molar-refractivity contribution in [1.82, 2.24) is 0 Å². The van der Waals surface area contributed by atoms with E-state index in [1.165, 1.54) is 0 Å². The van der Waals surface area contributed by atoms with Gasteiger partial charge in [-0.05, 0) is 19.1 Å². The summed E-state index contributed by atoms with van der Waals surface area (Å²) in [6.45, 7) is 6.06. The first kappa shape index (κ1) is 12.4. The Balaban J connectivity index is 0.000000574. The third-order valence-electron chi connectivity index (χ3n) is 2.93. The van der Waals surface area contributed by atoms with Gasteiger partial charge in [-0.3, -0.25) is 0 Å². The van der Waals surface area contributed by atoms with Gasteiger partial charge in [0.05, 0.1) is 11.5 Å². The molecule has 0 saturated heterocycles. The van der Waals surface area contributed by atoms with E-state index in [4.69, 9.17) is 0 Å². The lowest BCUT2D eigenvalue weighted by atomic mass is 10.1.